The lowest BCUT2D eigenvalue weighted by molar-refractivity contribution is 0.500. The second-order valence-electron chi connectivity index (χ2n) is 5.02. The zero-order chi connectivity index (χ0) is 15.3. The van der Waals surface area contributed by atoms with Crippen LogP contribution in [0.3, 0.4) is 0 Å². The van der Waals surface area contributed by atoms with E-state index in [-0.39, 0.29) is 17.5 Å². The molecule has 2 rings (SSSR count). The van der Waals surface area contributed by atoms with Gasteiger partial charge in [-0.3, -0.25) is 16.3 Å². The summed E-state index contributed by atoms with van der Waals surface area (Å²) in [5, 5.41) is 2.14. The van der Waals surface area contributed by atoms with Gasteiger partial charge in [-0.25, -0.2) is 8.42 Å². The Kier molecular flexibility index (Phi) is 5.27. The van der Waals surface area contributed by atoms with Gasteiger partial charge in [-0.2, -0.15) is 0 Å². The molecule has 0 radical (unpaired) electrons. The number of rotatable bonds is 7. The lowest BCUT2D eigenvalue weighted by Crippen LogP contribution is -2.29. The number of hydrogen-bond donors (Lipinski definition) is 2. The van der Waals surface area contributed by atoms with Crippen LogP contribution in [0.1, 0.15) is 31.5 Å². The Morgan fingerprint density at radius 1 is 1.29 bits per heavy atom. The van der Waals surface area contributed by atoms with Crippen molar-refractivity contribution in [2.45, 2.75) is 25.8 Å². The molecule has 0 aliphatic heterocycles. The highest BCUT2D eigenvalue weighted by Gasteiger charge is 2.16. The first-order valence-corrected chi connectivity index (χ1v) is 8.89. The van der Waals surface area contributed by atoms with Crippen LogP contribution in [-0.2, 0) is 9.84 Å². The molecule has 1 aromatic carbocycles. The maximum absolute atomic E-state index is 11.6. The molecule has 0 aliphatic carbocycles. The fourth-order valence-electron chi connectivity index (χ4n) is 2.37. The third-order valence-corrected chi connectivity index (χ3v) is 5.41. The van der Waals surface area contributed by atoms with Gasteiger partial charge in [0.15, 0.2) is 0 Å². The van der Waals surface area contributed by atoms with Gasteiger partial charge in [0, 0.05) is 17.3 Å². The van der Waals surface area contributed by atoms with Crippen molar-refractivity contribution >= 4 is 20.6 Å². The van der Waals surface area contributed by atoms with Crippen LogP contribution in [0.5, 0.6) is 0 Å². The summed E-state index contributed by atoms with van der Waals surface area (Å²) in [6.45, 7) is 1.67. The summed E-state index contributed by atoms with van der Waals surface area (Å²) < 4.78 is 23.1. The van der Waals surface area contributed by atoms with Crippen molar-refractivity contribution < 1.29 is 8.42 Å². The Hall–Kier alpha value is -1.50. The highest BCUT2D eigenvalue weighted by atomic mass is 32.2. The van der Waals surface area contributed by atoms with Crippen LogP contribution in [-0.4, -0.2) is 24.9 Å². The molecule has 0 amide bonds. The molecule has 21 heavy (non-hydrogen) atoms. The van der Waals surface area contributed by atoms with Crippen LogP contribution in [0.15, 0.2) is 36.5 Å². The Morgan fingerprint density at radius 3 is 2.76 bits per heavy atom. The minimum Gasteiger partial charge on any atom is -0.271 e. The number of hydrazine groups is 1. The topological polar surface area (TPSA) is 85.1 Å². The first kappa shape index (κ1) is 15.9. The lowest BCUT2D eigenvalue weighted by Gasteiger charge is -2.17. The Balaban J connectivity index is 2.16. The summed E-state index contributed by atoms with van der Waals surface area (Å²) in [4.78, 5) is 4.42. The molecule has 3 N–H and O–H groups in total. The zero-order valence-electron chi connectivity index (χ0n) is 12.1. The van der Waals surface area contributed by atoms with Crippen molar-refractivity contribution in [3.8, 4) is 0 Å². The van der Waals surface area contributed by atoms with Crippen molar-refractivity contribution in [1.82, 2.24) is 10.4 Å². The number of benzene rings is 1. The molecule has 1 aromatic heterocycles. The number of aromatic nitrogens is 1. The Bertz CT molecular complexity index is 696. The van der Waals surface area contributed by atoms with Gasteiger partial charge in [-0.15, -0.1) is 0 Å². The van der Waals surface area contributed by atoms with Crippen molar-refractivity contribution in [3.63, 3.8) is 0 Å². The first-order valence-electron chi connectivity index (χ1n) is 7.07. The maximum atomic E-state index is 11.6. The van der Waals surface area contributed by atoms with Gasteiger partial charge in [-0.05, 0) is 24.3 Å². The molecule has 114 valence electrons. The average Bonchev–Trinajstić information content (AvgIpc) is 2.51. The largest absolute Gasteiger partial charge is 0.271 e. The average molecular weight is 307 g/mol. The molecule has 2 aromatic rings. The molecule has 6 heteroatoms. The monoisotopic (exact) mass is 307 g/mol. The minimum atomic E-state index is -2.94. The molecule has 0 saturated carbocycles. The first-order chi connectivity index (χ1) is 10.1. The van der Waals surface area contributed by atoms with Gasteiger partial charge in [0.25, 0.3) is 0 Å². The van der Waals surface area contributed by atoms with Gasteiger partial charge in [0.1, 0.15) is 9.84 Å². The zero-order valence-corrected chi connectivity index (χ0v) is 12.9. The van der Waals surface area contributed by atoms with Crippen molar-refractivity contribution in [3.05, 3.63) is 42.2 Å². The molecule has 0 saturated heterocycles. The fraction of sp³-hybridized carbons (Fsp3) is 0.400. The smallest absolute Gasteiger partial charge is 0.150 e. The SMILES string of the molecule is CCS(=O)(=O)CCCC(NN)c1nccc2ccccc12. The molecule has 1 atom stereocenters. The van der Waals surface area contributed by atoms with E-state index in [9.17, 15) is 8.42 Å². The van der Waals surface area contributed by atoms with E-state index in [1.165, 1.54) is 0 Å². The van der Waals surface area contributed by atoms with Crippen molar-refractivity contribution in [2.24, 2.45) is 5.84 Å². The Morgan fingerprint density at radius 2 is 2.05 bits per heavy atom. The van der Waals surface area contributed by atoms with E-state index in [0.29, 0.717) is 12.8 Å². The summed E-state index contributed by atoms with van der Waals surface area (Å²) in [5.74, 6) is 6.01. The number of nitrogens with zero attached hydrogens (tertiary/aromatic N) is 1. The minimum absolute atomic E-state index is 0.150. The second kappa shape index (κ2) is 6.98. The van der Waals surface area contributed by atoms with Crippen LogP contribution in [0.2, 0.25) is 0 Å². The molecule has 1 unspecified atom stereocenters. The molecule has 1 heterocycles. The number of sulfone groups is 1. The van der Waals surface area contributed by atoms with E-state index in [4.69, 9.17) is 5.84 Å². The third kappa shape index (κ3) is 4.00. The summed E-state index contributed by atoms with van der Waals surface area (Å²) in [6.07, 6.45) is 2.96. The van der Waals surface area contributed by atoms with E-state index in [1.807, 2.05) is 30.3 Å². The highest BCUT2D eigenvalue weighted by molar-refractivity contribution is 7.91. The number of hydrogen-bond acceptors (Lipinski definition) is 5. The van der Waals surface area contributed by atoms with Crippen molar-refractivity contribution in [1.29, 1.82) is 0 Å². The Labute approximate surface area is 125 Å². The normalized spacial score (nSPS) is 13.4. The number of fused-ring (bicyclic) bond motifs is 1. The molecule has 0 fully saturated rings. The molecule has 5 nitrogen and oxygen atoms in total. The van der Waals surface area contributed by atoms with E-state index < -0.39 is 9.84 Å². The molecule has 0 aliphatic rings. The molecule has 0 spiro atoms. The summed E-state index contributed by atoms with van der Waals surface area (Å²) >= 11 is 0. The quantitative estimate of drug-likeness (QED) is 0.603. The predicted octanol–water partition coefficient (Wildman–Crippen LogP) is 1.95. The number of pyridine rings is 1. The number of nitrogens with one attached hydrogen (secondary N) is 1. The van der Waals surface area contributed by atoms with E-state index in [1.54, 1.807) is 13.1 Å². The molecular weight excluding hydrogens is 286 g/mol. The standard InChI is InChI=1S/C15H21N3O2S/c1-2-21(19,20)11-5-8-14(18-16)15-13-7-4-3-6-12(13)9-10-17-15/h3-4,6-7,9-10,14,18H,2,5,8,11,16H2,1H3. The van der Waals surface area contributed by atoms with Crippen LogP contribution in [0, 0.1) is 0 Å². The lowest BCUT2D eigenvalue weighted by atomic mass is 10.0. The fourth-order valence-corrected chi connectivity index (χ4v) is 3.27. The van der Waals surface area contributed by atoms with Crippen molar-refractivity contribution in [2.75, 3.05) is 11.5 Å². The molecular formula is C15H21N3O2S. The van der Waals surface area contributed by atoms with E-state index in [2.05, 4.69) is 10.4 Å². The van der Waals surface area contributed by atoms with E-state index >= 15 is 0 Å². The highest BCUT2D eigenvalue weighted by Crippen LogP contribution is 2.24. The van der Waals surface area contributed by atoms with Crippen LogP contribution >= 0.6 is 0 Å². The van der Waals surface area contributed by atoms with Gasteiger partial charge in [-0.1, -0.05) is 31.2 Å². The summed E-state index contributed by atoms with van der Waals surface area (Å²) in [5.41, 5.74) is 3.62. The summed E-state index contributed by atoms with van der Waals surface area (Å²) in [7, 11) is -2.94. The van der Waals surface area contributed by atoms with Crippen LogP contribution in [0.25, 0.3) is 10.8 Å². The van der Waals surface area contributed by atoms with Gasteiger partial charge < -0.3 is 0 Å². The van der Waals surface area contributed by atoms with Crippen LogP contribution < -0.4 is 11.3 Å². The van der Waals surface area contributed by atoms with E-state index in [0.717, 1.165) is 16.5 Å². The summed E-state index contributed by atoms with van der Waals surface area (Å²) in [6, 6.07) is 9.77. The maximum Gasteiger partial charge on any atom is 0.150 e. The predicted molar refractivity (Wildman–Crippen MR) is 85.4 cm³/mol. The molecule has 0 bridgehead atoms. The third-order valence-electron chi connectivity index (χ3n) is 3.62. The second-order valence-corrected chi connectivity index (χ2v) is 7.49. The van der Waals surface area contributed by atoms with Gasteiger partial charge in [0.2, 0.25) is 0 Å². The number of nitrogens with two attached hydrogens (primary N) is 1. The van der Waals surface area contributed by atoms with Gasteiger partial charge >= 0.3 is 0 Å². The van der Waals surface area contributed by atoms with Gasteiger partial charge in [0.05, 0.1) is 17.5 Å². The van der Waals surface area contributed by atoms with Crippen LogP contribution in [0.4, 0.5) is 0 Å².